The number of carboxylic acid groups (broad SMARTS) is 3. The van der Waals surface area contributed by atoms with Gasteiger partial charge in [-0.05, 0) is 17.7 Å². The molecule has 0 saturated heterocycles. The zero-order valence-corrected chi connectivity index (χ0v) is 9.29. The largest absolute Gasteiger partial charge is 0.481 e. The van der Waals surface area contributed by atoms with Crippen LogP contribution in [-0.2, 0) is 33.6 Å². The van der Waals surface area contributed by atoms with E-state index in [4.69, 9.17) is 15.3 Å². The lowest BCUT2D eigenvalue weighted by molar-refractivity contribution is -0.137. The van der Waals surface area contributed by atoms with Gasteiger partial charge in [-0.2, -0.15) is 0 Å². The van der Waals surface area contributed by atoms with Crippen molar-refractivity contribution in [2.45, 2.75) is 19.3 Å². The number of hydrogen-bond acceptors (Lipinski definition) is 4. The molecule has 0 fully saturated rings. The number of rotatable bonds is 6. The summed E-state index contributed by atoms with van der Waals surface area (Å²) in [5.41, 5.74) is 0.639. The number of aromatic nitrogens is 1. The van der Waals surface area contributed by atoms with Gasteiger partial charge in [-0.1, -0.05) is 0 Å². The van der Waals surface area contributed by atoms with Gasteiger partial charge >= 0.3 is 17.9 Å². The zero-order chi connectivity index (χ0) is 13.7. The highest BCUT2D eigenvalue weighted by Gasteiger charge is 2.11. The quantitative estimate of drug-likeness (QED) is 0.649. The average molecular weight is 253 g/mol. The van der Waals surface area contributed by atoms with Crippen molar-refractivity contribution in [1.29, 1.82) is 0 Å². The van der Waals surface area contributed by atoms with E-state index in [0.717, 1.165) is 0 Å². The van der Waals surface area contributed by atoms with Gasteiger partial charge in [0.1, 0.15) is 0 Å². The maximum atomic E-state index is 10.6. The van der Waals surface area contributed by atoms with Gasteiger partial charge in [0.2, 0.25) is 0 Å². The monoisotopic (exact) mass is 253 g/mol. The third-order valence-corrected chi connectivity index (χ3v) is 2.01. The molecule has 7 nitrogen and oxygen atoms in total. The first-order valence-electron chi connectivity index (χ1n) is 5.01. The van der Waals surface area contributed by atoms with Gasteiger partial charge in [-0.25, -0.2) is 0 Å². The molecule has 0 bridgehead atoms. The molecule has 0 spiro atoms. The molecule has 7 heteroatoms. The fourth-order valence-corrected chi connectivity index (χ4v) is 1.49. The van der Waals surface area contributed by atoms with Crippen molar-refractivity contribution in [3.8, 4) is 0 Å². The topological polar surface area (TPSA) is 125 Å². The summed E-state index contributed by atoms with van der Waals surface area (Å²) < 4.78 is 0. The molecule has 0 atom stereocenters. The molecule has 96 valence electrons. The predicted molar refractivity (Wildman–Crippen MR) is 58.3 cm³/mol. The Morgan fingerprint density at radius 3 is 1.56 bits per heavy atom. The van der Waals surface area contributed by atoms with Crippen LogP contribution in [0.1, 0.15) is 17.0 Å². The van der Waals surface area contributed by atoms with Crippen molar-refractivity contribution in [2.75, 3.05) is 0 Å². The van der Waals surface area contributed by atoms with Crippen LogP contribution in [0, 0.1) is 0 Å². The summed E-state index contributed by atoms with van der Waals surface area (Å²) in [7, 11) is 0. The lowest BCUT2D eigenvalue weighted by atomic mass is 10.1. The van der Waals surface area contributed by atoms with Crippen molar-refractivity contribution < 1.29 is 29.7 Å². The molecule has 0 aliphatic carbocycles. The first kappa shape index (κ1) is 13.6. The molecule has 0 aliphatic rings. The number of hydrogen-bond donors (Lipinski definition) is 3. The molecule has 0 saturated carbocycles. The van der Waals surface area contributed by atoms with E-state index in [0.29, 0.717) is 5.56 Å². The number of pyridine rings is 1. The Hall–Kier alpha value is -2.44. The molecule has 18 heavy (non-hydrogen) atoms. The number of aliphatic carboxylic acids is 3. The maximum absolute atomic E-state index is 10.6. The Labute approximate surface area is 102 Å². The summed E-state index contributed by atoms with van der Waals surface area (Å²) in [6.45, 7) is 0. The second-order valence-electron chi connectivity index (χ2n) is 3.67. The first-order valence-corrected chi connectivity index (χ1v) is 5.01. The lowest BCUT2D eigenvalue weighted by Gasteiger charge is -2.05. The Kier molecular flexibility index (Phi) is 4.36. The molecule has 0 aromatic carbocycles. The number of carboxylic acids is 3. The van der Waals surface area contributed by atoms with E-state index in [2.05, 4.69) is 4.98 Å². The van der Waals surface area contributed by atoms with Gasteiger partial charge in [0.25, 0.3) is 0 Å². The zero-order valence-electron chi connectivity index (χ0n) is 9.29. The van der Waals surface area contributed by atoms with Crippen molar-refractivity contribution in [1.82, 2.24) is 4.98 Å². The molecule has 1 aromatic rings. The van der Waals surface area contributed by atoms with E-state index in [1.54, 1.807) is 0 Å². The Balaban J connectivity index is 3.06. The third kappa shape index (κ3) is 4.60. The Bertz CT molecular complexity index is 413. The minimum atomic E-state index is -1.11. The summed E-state index contributed by atoms with van der Waals surface area (Å²) in [5, 5.41) is 25.9. The van der Waals surface area contributed by atoms with Crippen molar-refractivity contribution in [3.05, 3.63) is 29.1 Å². The summed E-state index contributed by atoms with van der Waals surface area (Å²) in [4.78, 5) is 35.6. The van der Waals surface area contributed by atoms with Crippen LogP contribution in [-0.4, -0.2) is 38.2 Å². The highest BCUT2D eigenvalue weighted by molar-refractivity contribution is 5.73. The molecule has 1 rings (SSSR count). The summed E-state index contributed by atoms with van der Waals surface area (Å²) >= 11 is 0. The van der Waals surface area contributed by atoms with Gasteiger partial charge in [0, 0.05) is 0 Å². The van der Waals surface area contributed by atoms with E-state index in [1.165, 1.54) is 12.1 Å². The highest BCUT2D eigenvalue weighted by Crippen LogP contribution is 2.09. The second kappa shape index (κ2) is 5.76. The van der Waals surface area contributed by atoms with E-state index < -0.39 is 17.9 Å². The summed E-state index contributed by atoms with van der Waals surface area (Å²) in [6.07, 6.45) is -1.05. The molecule has 1 aromatic heterocycles. The van der Waals surface area contributed by atoms with Crippen molar-refractivity contribution in [3.63, 3.8) is 0 Å². The normalized spacial score (nSPS) is 10.0. The van der Waals surface area contributed by atoms with Crippen LogP contribution >= 0.6 is 0 Å². The average Bonchev–Trinajstić information content (AvgIpc) is 2.12. The first-order chi connectivity index (χ1) is 8.36. The fourth-order valence-electron chi connectivity index (χ4n) is 1.49. The molecular formula is C11H11NO6. The smallest absolute Gasteiger partial charge is 0.309 e. The minimum Gasteiger partial charge on any atom is -0.481 e. The van der Waals surface area contributed by atoms with Gasteiger partial charge < -0.3 is 15.3 Å². The van der Waals surface area contributed by atoms with Crippen LogP contribution in [0.3, 0.4) is 0 Å². The van der Waals surface area contributed by atoms with E-state index >= 15 is 0 Å². The highest BCUT2D eigenvalue weighted by atomic mass is 16.4. The van der Waals surface area contributed by atoms with E-state index in [1.807, 2.05) is 0 Å². The van der Waals surface area contributed by atoms with Gasteiger partial charge in [-0.3, -0.25) is 19.4 Å². The van der Waals surface area contributed by atoms with Gasteiger partial charge in [0.05, 0.1) is 30.7 Å². The summed E-state index contributed by atoms with van der Waals surface area (Å²) in [6, 6.07) is 2.71. The molecule has 3 N–H and O–H groups in total. The number of carbonyl (C=O) groups is 3. The summed E-state index contributed by atoms with van der Waals surface area (Å²) in [5.74, 6) is -3.31. The maximum Gasteiger partial charge on any atom is 0.309 e. The molecular weight excluding hydrogens is 242 g/mol. The van der Waals surface area contributed by atoms with E-state index in [9.17, 15) is 14.4 Å². The van der Waals surface area contributed by atoms with E-state index in [-0.39, 0.29) is 30.7 Å². The van der Waals surface area contributed by atoms with Crippen LogP contribution in [0.2, 0.25) is 0 Å². The molecule has 0 aliphatic heterocycles. The fraction of sp³-hybridized carbons (Fsp3) is 0.273. The Morgan fingerprint density at radius 2 is 1.22 bits per heavy atom. The molecule has 0 radical (unpaired) electrons. The van der Waals surface area contributed by atoms with Crippen LogP contribution in [0.4, 0.5) is 0 Å². The minimum absolute atomic E-state index is 0.150. The number of nitrogens with zero attached hydrogens (tertiary/aromatic N) is 1. The van der Waals surface area contributed by atoms with Crippen LogP contribution in [0.25, 0.3) is 0 Å². The predicted octanol–water partition coefficient (Wildman–Crippen LogP) is -0.0371. The second-order valence-corrected chi connectivity index (χ2v) is 3.67. The van der Waals surface area contributed by atoms with Crippen LogP contribution in [0.5, 0.6) is 0 Å². The van der Waals surface area contributed by atoms with Crippen LogP contribution < -0.4 is 0 Å². The van der Waals surface area contributed by atoms with Gasteiger partial charge in [-0.15, -0.1) is 0 Å². The molecule has 0 unspecified atom stereocenters. The van der Waals surface area contributed by atoms with Crippen molar-refractivity contribution in [2.24, 2.45) is 0 Å². The lowest BCUT2D eigenvalue weighted by Crippen LogP contribution is -2.10. The standard InChI is InChI=1S/C11H11NO6/c13-9(14)3-6-1-7(4-10(15)16)12-8(2-6)5-11(17)18/h1-2H,3-5H2,(H,13,14)(H,15,16)(H,17,18). The molecule has 1 heterocycles. The Morgan fingerprint density at radius 1 is 0.833 bits per heavy atom. The molecule has 0 amide bonds. The van der Waals surface area contributed by atoms with Crippen molar-refractivity contribution >= 4 is 17.9 Å². The van der Waals surface area contributed by atoms with Crippen LogP contribution in [0.15, 0.2) is 12.1 Å². The van der Waals surface area contributed by atoms with Gasteiger partial charge in [0.15, 0.2) is 0 Å². The SMILES string of the molecule is O=C(O)Cc1cc(CC(=O)O)nc(CC(=O)O)c1. The third-order valence-electron chi connectivity index (χ3n) is 2.01.